The molecule has 0 saturated heterocycles. The molecule has 1 aromatic heterocycles. The van der Waals surface area contributed by atoms with Gasteiger partial charge in [-0.2, -0.15) is 18.2 Å². The van der Waals surface area contributed by atoms with Crippen LogP contribution < -0.4 is 21.3 Å². The number of benzene rings is 3. The van der Waals surface area contributed by atoms with Crippen LogP contribution in [0.5, 0.6) is 0 Å². The summed E-state index contributed by atoms with van der Waals surface area (Å²) in [5.41, 5.74) is 2.93. The van der Waals surface area contributed by atoms with Crippen molar-refractivity contribution in [2.45, 2.75) is 37.9 Å². The smallest absolute Gasteiger partial charge is 0.416 e. The van der Waals surface area contributed by atoms with Gasteiger partial charge in [-0.1, -0.05) is 18.2 Å². The van der Waals surface area contributed by atoms with Crippen LogP contribution in [0.1, 0.15) is 26.3 Å². The van der Waals surface area contributed by atoms with Gasteiger partial charge in [-0.3, -0.25) is 13.8 Å². The third-order valence-electron chi connectivity index (χ3n) is 6.30. The second-order valence-electron chi connectivity index (χ2n) is 10.4. The molecule has 0 bridgehead atoms. The number of carbonyl (C=O) groups is 2. The molecule has 11 nitrogen and oxygen atoms in total. The molecule has 0 saturated carbocycles. The molecule has 2 atom stereocenters. The number of hydrogen-bond donors (Lipinski definition) is 5. The van der Waals surface area contributed by atoms with Gasteiger partial charge in [0.1, 0.15) is 5.82 Å². The number of aliphatic hydroxyl groups excluding tert-OH is 1. The molecule has 264 valence electrons. The summed E-state index contributed by atoms with van der Waals surface area (Å²) >= 11 is 0. The lowest BCUT2D eigenvalue weighted by molar-refractivity contribution is -0.140. The average molecular weight is 703 g/mol. The summed E-state index contributed by atoms with van der Waals surface area (Å²) in [5.74, 6) is 4.53. The predicted molar refractivity (Wildman–Crippen MR) is 190 cm³/mol. The van der Waals surface area contributed by atoms with Gasteiger partial charge in [0.25, 0.3) is 0 Å². The van der Waals surface area contributed by atoms with Gasteiger partial charge in [0, 0.05) is 60.0 Å². The summed E-state index contributed by atoms with van der Waals surface area (Å²) in [7, 11) is -0.382. The number of aromatic nitrogens is 2. The van der Waals surface area contributed by atoms with Crippen molar-refractivity contribution in [2.75, 3.05) is 47.8 Å². The predicted octanol–water partition coefficient (Wildman–Crippen LogP) is 6.27. The van der Waals surface area contributed by atoms with Crippen LogP contribution in [0, 0.1) is 0 Å². The molecule has 0 aliphatic rings. The fourth-order valence-electron chi connectivity index (χ4n) is 3.87. The van der Waals surface area contributed by atoms with Crippen LogP contribution in [0.25, 0.3) is 11.1 Å². The molecule has 0 spiro atoms. The van der Waals surface area contributed by atoms with Gasteiger partial charge in [-0.05, 0) is 89.4 Å². The number of amides is 1. The van der Waals surface area contributed by atoms with Crippen LogP contribution >= 0.6 is 0 Å². The highest BCUT2D eigenvalue weighted by atomic mass is 32.2. The Morgan fingerprint density at radius 3 is 2.18 bits per heavy atom. The number of alkyl halides is 3. The van der Waals surface area contributed by atoms with E-state index in [0.29, 0.717) is 29.7 Å². The Bertz CT molecular complexity index is 1750. The summed E-state index contributed by atoms with van der Waals surface area (Å²) in [6.07, 6.45) is -0.684. The average Bonchev–Trinajstić information content (AvgIpc) is 3.05. The number of rotatable bonds is 11. The molecular formula is C34H41F3N6O5S. The maximum Gasteiger partial charge on any atom is 0.416 e. The van der Waals surface area contributed by atoms with Gasteiger partial charge in [-0.25, -0.2) is 4.98 Å². The van der Waals surface area contributed by atoms with Gasteiger partial charge < -0.3 is 31.1 Å². The minimum absolute atomic E-state index is 0.0201. The van der Waals surface area contributed by atoms with Crippen LogP contribution in [-0.4, -0.2) is 70.1 Å². The molecule has 1 unspecified atom stereocenters. The zero-order chi connectivity index (χ0) is 36.6. The lowest BCUT2D eigenvalue weighted by atomic mass is 10.1. The maximum atomic E-state index is 12.1. The first-order valence-electron chi connectivity index (χ1n) is 14.8. The monoisotopic (exact) mass is 702 g/mol. The Balaban J connectivity index is 0.000000360. The number of anilines is 5. The van der Waals surface area contributed by atoms with Gasteiger partial charge >= 0.3 is 12.1 Å². The second-order valence-corrected chi connectivity index (χ2v) is 12.9. The van der Waals surface area contributed by atoms with Gasteiger partial charge in [-0.15, -0.1) is 0 Å². The Morgan fingerprint density at radius 2 is 1.69 bits per heavy atom. The molecule has 0 aliphatic heterocycles. The lowest BCUT2D eigenvalue weighted by Gasteiger charge is -2.17. The maximum absolute atomic E-state index is 12.1. The standard InChI is InChI=1S/C22H27N5O2S.C8H6F3NO.C4H8O2/c1-15(14-28)25-21-20(16-5-7-17(23-2)8-6-16)13-24-22(27-21)26-18-9-11-19(12-10-18)30(3,4)29;9-8(10,11)6-2-1-3-7(4-6)12-5-13;1-3-6-4(2)5/h5-13,15,23,28H,3,14H2,1-2,4H3,(H2,24,25,26,27);1-5H,(H,12,13);3H2,1-2H3/t15-,30?;;/m1../s1. The third-order valence-corrected chi connectivity index (χ3v) is 7.57. The van der Waals surface area contributed by atoms with E-state index in [1.54, 1.807) is 31.5 Å². The van der Waals surface area contributed by atoms with Crippen molar-refractivity contribution in [2.24, 2.45) is 0 Å². The first-order valence-corrected chi connectivity index (χ1v) is 17.0. The third kappa shape index (κ3) is 13.9. The minimum atomic E-state index is -4.37. The fourth-order valence-corrected chi connectivity index (χ4v) is 4.58. The van der Waals surface area contributed by atoms with Crippen molar-refractivity contribution >= 4 is 56.6 Å². The van der Waals surface area contributed by atoms with E-state index in [0.717, 1.165) is 34.6 Å². The van der Waals surface area contributed by atoms with Crippen LogP contribution in [0.4, 0.5) is 42.0 Å². The van der Waals surface area contributed by atoms with Gasteiger partial charge in [0.2, 0.25) is 12.4 Å². The fraction of sp³-hybridized carbons (Fsp3) is 0.265. The number of carbonyl (C=O) groups excluding carboxylic acids is 2. The zero-order valence-electron chi connectivity index (χ0n) is 27.8. The molecular weight excluding hydrogens is 661 g/mol. The summed E-state index contributed by atoms with van der Waals surface area (Å²) in [5, 5.41) is 21.1. The van der Waals surface area contributed by atoms with Gasteiger partial charge in [0.05, 0.1) is 18.8 Å². The summed E-state index contributed by atoms with van der Waals surface area (Å²) in [6.45, 7) is 5.51. The van der Waals surface area contributed by atoms with Crippen LogP contribution in [0.3, 0.4) is 0 Å². The van der Waals surface area contributed by atoms with Crippen molar-refractivity contribution in [1.82, 2.24) is 9.97 Å². The molecule has 1 amide bonds. The molecule has 0 radical (unpaired) electrons. The van der Waals surface area contributed by atoms with E-state index in [4.69, 9.17) is 0 Å². The van der Waals surface area contributed by atoms with E-state index in [2.05, 4.69) is 41.8 Å². The van der Waals surface area contributed by atoms with E-state index in [1.165, 1.54) is 19.1 Å². The number of ether oxygens (including phenoxy) is 1. The van der Waals surface area contributed by atoms with Crippen molar-refractivity contribution < 1.29 is 36.8 Å². The van der Waals surface area contributed by atoms with Crippen LogP contribution in [-0.2, 0) is 30.0 Å². The van der Waals surface area contributed by atoms with E-state index >= 15 is 0 Å². The molecule has 15 heteroatoms. The van der Waals surface area contributed by atoms with Crippen LogP contribution in [0.2, 0.25) is 0 Å². The molecule has 1 heterocycles. The molecule has 0 aliphatic carbocycles. The molecule has 0 fully saturated rings. The number of halogens is 3. The molecule has 4 aromatic rings. The summed E-state index contributed by atoms with van der Waals surface area (Å²) in [4.78, 5) is 29.5. The quantitative estimate of drug-likeness (QED) is 0.0687. The highest BCUT2D eigenvalue weighted by molar-refractivity contribution is 7.99. The highest BCUT2D eigenvalue weighted by Crippen LogP contribution is 2.31. The zero-order valence-corrected chi connectivity index (χ0v) is 28.6. The van der Waals surface area contributed by atoms with E-state index in [9.17, 15) is 32.1 Å². The number of nitrogens with one attached hydrogen (secondary N) is 4. The first-order chi connectivity index (χ1) is 23.1. The molecule has 4 rings (SSSR count). The van der Waals surface area contributed by atoms with Crippen molar-refractivity contribution in [3.63, 3.8) is 0 Å². The molecule has 49 heavy (non-hydrogen) atoms. The van der Waals surface area contributed by atoms with Crippen molar-refractivity contribution in [3.8, 4) is 11.1 Å². The SMILES string of the molecule is C=S(C)(=O)c1ccc(Nc2ncc(-c3ccc(NC)cc3)c(N[C@H](C)CO)n2)cc1.CCOC(C)=O.O=CNc1cccc(C(F)(F)F)c1. The van der Waals surface area contributed by atoms with E-state index < -0.39 is 21.3 Å². The van der Waals surface area contributed by atoms with E-state index in [-0.39, 0.29) is 24.3 Å². The van der Waals surface area contributed by atoms with Crippen molar-refractivity contribution in [1.29, 1.82) is 0 Å². The normalized spacial score (nSPS) is 12.3. The topological polar surface area (TPSA) is 155 Å². The Hall–Kier alpha value is -5.15. The number of hydrogen-bond acceptors (Lipinski definition) is 10. The molecule has 5 N–H and O–H groups in total. The number of aliphatic hydroxyl groups is 1. The Labute approximate surface area is 284 Å². The second kappa shape index (κ2) is 19.0. The van der Waals surface area contributed by atoms with Crippen LogP contribution in [0.15, 0.2) is 83.9 Å². The highest BCUT2D eigenvalue weighted by Gasteiger charge is 2.30. The Kier molecular flexibility index (Phi) is 15.5. The van der Waals surface area contributed by atoms with Crippen molar-refractivity contribution in [3.05, 3.63) is 84.6 Å². The first kappa shape index (κ1) is 40.0. The lowest BCUT2D eigenvalue weighted by Crippen LogP contribution is -2.21. The summed E-state index contributed by atoms with van der Waals surface area (Å²) < 4.78 is 52.7. The van der Waals surface area contributed by atoms with E-state index in [1.807, 2.05) is 50.4 Å². The number of esters is 1. The van der Waals surface area contributed by atoms with Gasteiger partial charge in [0.15, 0.2) is 0 Å². The Morgan fingerprint density at radius 1 is 1.06 bits per heavy atom. The summed E-state index contributed by atoms with van der Waals surface area (Å²) in [6, 6.07) is 19.4. The number of nitrogens with zero attached hydrogens (tertiary/aromatic N) is 2. The molecule has 3 aromatic carbocycles. The largest absolute Gasteiger partial charge is 0.466 e. The minimum Gasteiger partial charge on any atom is -0.466 e.